The Kier molecular flexibility index (Phi) is 11.8. The van der Waals surface area contributed by atoms with Crippen LogP contribution in [-0.4, -0.2) is 10.5 Å². The zero-order valence-electron chi connectivity index (χ0n) is 14.3. The van der Waals surface area contributed by atoms with Gasteiger partial charge in [-0.25, -0.2) is 0 Å². The summed E-state index contributed by atoms with van der Waals surface area (Å²) in [5.41, 5.74) is 2.47. The summed E-state index contributed by atoms with van der Waals surface area (Å²) in [5.74, 6) is 0. The smallest absolute Gasteiger partial charge is 0.253 e. The van der Waals surface area contributed by atoms with Gasteiger partial charge in [0.05, 0.1) is 0 Å². The van der Waals surface area contributed by atoms with Gasteiger partial charge in [-0.3, -0.25) is 9.59 Å². The van der Waals surface area contributed by atoms with E-state index in [-0.39, 0.29) is 0 Å². The summed E-state index contributed by atoms with van der Waals surface area (Å²) in [4.78, 5) is 21.3. The standard InChI is InChI=1S/2C7H4ClIO.C7H8/c2*8-7(10)5-3-1-2-4-6(5)9;1-7-5-3-2-4-6-7/h2*1-4H;2-6H,1H3. The Balaban J connectivity index is 0.000000206. The third-order valence-corrected chi connectivity index (χ3v) is 5.40. The number of aryl methyl sites for hydroxylation is 1. The van der Waals surface area contributed by atoms with Crippen LogP contribution in [0.1, 0.15) is 26.3 Å². The highest BCUT2D eigenvalue weighted by atomic mass is 127. The molecule has 3 rings (SSSR count). The molecule has 140 valence electrons. The maximum Gasteiger partial charge on any atom is 0.253 e. The molecular weight excluding hydrogens is 609 g/mol. The van der Waals surface area contributed by atoms with Gasteiger partial charge in [-0.15, -0.1) is 0 Å². The van der Waals surface area contributed by atoms with Crippen LogP contribution >= 0.6 is 68.4 Å². The molecular formula is C21H16Cl2I2O2. The Morgan fingerprint density at radius 1 is 0.630 bits per heavy atom. The highest BCUT2D eigenvalue weighted by molar-refractivity contribution is 14.1. The maximum atomic E-state index is 10.6. The van der Waals surface area contributed by atoms with Crippen LogP contribution in [0.3, 0.4) is 0 Å². The molecule has 0 bridgehead atoms. The van der Waals surface area contributed by atoms with Crippen LogP contribution in [0.15, 0.2) is 78.9 Å². The van der Waals surface area contributed by atoms with Gasteiger partial charge in [0.25, 0.3) is 10.5 Å². The molecule has 0 fully saturated rings. The van der Waals surface area contributed by atoms with Crippen LogP contribution in [-0.2, 0) is 0 Å². The molecule has 0 aromatic heterocycles. The van der Waals surface area contributed by atoms with E-state index in [4.69, 9.17) is 23.2 Å². The van der Waals surface area contributed by atoms with Gasteiger partial charge in [-0.1, -0.05) is 60.2 Å². The van der Waals surface area contributed by atoms with Crippen molar-refractivity contribution in [2.24, 2.45) is 0 Å². The number of halogens is 4. The minimum absolute atomic E-state index is 0.398. The first-order valence-electron chi connectivity index (χ1n) is 7.73. The molecule has 0 aliphatic heterocycles. The molecule has 6 heteroatoms. The highest BCUT2D eigenvalue weighted by Gasteiger charge is 2.04. The molecule has 0 amide bonds. The van der Waals surface area contributed by atoms with Crippen molar-refractivity contribution in [3.8, 4) is 0 Å². The van der Waals surface area contributed by atoms with Crippen LogP contribution in [0.25, 0.3) is 0 Å². The maximum absolute atomic E-state index is 10.6. The van der Waals surface area contributed by atoms with E-state index >= 15 is 0 Å². The molecule has 0 atom stereocenters. The second-order valence-electron chi connectivity index (χ2n) is 5.16. The van der Waals surface area contributed by atoms with E-state index in [2.05, 4.69) is 64.2 Å². The lowest BCUT2D eigenvalue weighted by atomic mass is 10.2. The molecule has 0 unspecified atom stereocenters. The predicted octanol–water partition coefficient (Wildman–Crippen LogP) is 7.34. The summed E-state index contributed by atoms with van der Waals surface area (Å²) in [7, 11) is 0. The molecule has 0 aliphatic carbocycles. The average molecular weight is 625 g/mol. The van der Waals surface area contributed by atoms with Crippen molar-refractivity contribution in [3.63, 3.8) is 0 Å². The van der Waals surface area contributed by atoms with E-state index in [1.165, 1.54) is 5.56 Å². The van der Waals surface area contributed by atoms with Gasteiger partial charge in [0.1, 0.15) is 0 Å². The van der Waals surface area contributed by atoms with E-state index in [0.717, 1.165) is 7.14 Å². The SMILES string of the molecule is Cc1ccccc1.O=C(Cl)c1ccccc1I.O=C(Cl)c1ccccc1I. The quantitative estimate of drug-likeness (QED) is 0.221. The van der Waals surface area contributed by atoms with Crippen LogP contribution in [0.5, 0.6) is 0 Å². The van der Waals surface area contributed by atoms with E-state index in [1.54, 1.807) is 24.3 Å². The molecule has 0 spiro atoms. The first-order chi connectivity index (χ1) is 12.8. The normalized spacial score (nSPS) is 9.22. The predicted molar refractivity (Wildman–Crippen MR) is 130 cm³/mol. The summed E-state index contributed by atoms with van der Waals surface area (Å²) >= 11 is 14.7. The number of hydrogen-bond donors (Lipinski definition) is 0. The average Bonchev–Trinajstić information content (AvgIpc) is 2.64. The largest absolute Gasteiger partial charge is 0.276 e. The Bertz CT molecular complexity index is 829. The second-order valence-corrected chi connectivity index (χ2v) is 8.17. The number of benzene rings is 3. The fourth-order valence-electron chi connectivity index (χ4n) is 1.78. The molecule has 0 heterocycles. The molecule has 0 saturated carbocycles. The summed E-state index contributed by atoms with van der Waals surface area (Å²) in [6, 6.07) is 24.7. The first kappa shape index (κ1) is 24.1. The zero-order chi connectivity index (χ0) is 20.2. The molecule has 2 nitrogen and oxygen atoms in total. The van der Waals surface area contributed by atoms with Crippen LogP contribution < -0.4 is 0 Å². The third-order valence-electron chi connectivity index (χ3n) is 3.11. The van der Waals surface area contributed by atoms with Crippen molar-refractivity contribution in [2.75, 3.05) is 0 Å². The number of carbonyl (C=O) groups excluding carboxylic acids is 2. The van der Waals surface area contributed by atoms with Gasteiger partial charge in [0.2, 0.25) is 0 Å². The van der Waals surface area contributed by atoms with Crippen LogP contribution in [0.4, 0.5) is 0 Å². The minimum Gasteiger partial charge on any atom is -0.276 e. The molecule has 3 aromatic rings. The molecule has 27 heavy (non-hydrogen) atoms. The van der Waals surface area contributed by atoms with Crippen molar-refractivity contribution in [1.29, 1.82) is 0 Å². The molecule has 0 radical (unpaired) electrons. The zero-order valence-corrected chi connectivity index (χ0v) is 20.2. The van der Waals surface area contributed by atoms with E-state index in [9.17, 15) is 9.59 Å². The van der Waals surface area contributed by atoms with Crippen molar-refractivity contribution in [1.82, 2.24) is 0 Å². The highest BCUT2D eigenvalue weighted by Crippen LogP contribution is 2.13. The second kappa shape index (κ2) is 13.3. The third kappa shape index (κ3) is 9.69. The van der Waals surface area contributed by atoms with Crippen molar-refractivity contribution in [2.45, 2.75) is 6.92 Å². The Morgan fingerprint density at radius 3 is 1.19 bits per heavy atom. The van der Waals surface area contributed by atoms with Gasteiger partial charge >= 0.3 is 0 Å². The monoisotopic (exact) mass is 624 g/mol. The Labute approximate surface area is 196 Å². The van der Waals surface area contributed by atoms with Crippen LogP contribution in [0.2, 0.25) is 0 Å². The van der Waals surface area contributed by atoms with E-state index in [0.29, 0.717) is 11.1 Å². The topological polar surface area (TPSA) is 34.1 Å². The van der Waals surface area contributed by atoms with Gasteiger partial charge in [0.15, 0.2) is 0 Å². The lowest BCUT2D eigenvalue weighted by molar-refractivity contribution is 0.107. The van der Waals surface area contributed by atoms with Gasteiger partial charge in [0, 0.05) is 18.3 Å². The van der Waals surface area contributed by atoms with Gasteiger partial charge < -0.3 is 0 Å². The lowest BCUT2D eigenvalue weighted by Gasteiger charge is -1.94. The molecule has 0 aliphatic rings. The lowest BCUT2D eigenvalue weighted by Crippen LogP contribution is -1.90. The minimum atomic E-state index is -0.398. The van der Waals surface area contributed by atoms with Gasteiger partial charge in [-0.05, 0) is 99.6 Å². The van der Waals surface area contributed by atoms with Crippen molar-refractivity contribution >= 4 is 78.9 Å². The Morgan fingerprint density at radius 2 is 0.963 bits per heavy atom. The Hall–Kier alpha value is -0.960. The fourth-order valence-corrected chi connectivity index (χ4v) is 3.69. The number of rotatable bonds is 2. The van der Waals surface area contributed by atoms with Crippen LogP contribution in [0, 0.1) is 14.1 Å². The number of carbonyl (C=O) groups is 2. The van der Waals surface area contributed by atoms with E-state index in [1.807, 2.05) is 42.5 Å². The van der Waals surface area contributed by atoms with Crippen molar-refractivity contribution in [3.05, 3.63) is 103 Å². The summed E-state index contributed by atoms with van der Waals surface area (Å²) in [6.07, 6.45) is 0. The molecule has 0 saturated heterocycles. The molecule has 0 N–H and O–H groups in total. The molecule has 3 aromatic carbocycles. The number of hydrogen-bond acceptors (Lipinski definition) is 2. The summed E-state index contributed by atoms with van der Waals surface area (Å²) < 4.78 is 1.78. The summed E-state index contributed by atoms with van der Waals surface area (Å²) in [5, 5.41) is -0.796. The van der Waals surface area contributed by atoms with E-state index < -0.39 is 10.5 Å². The fraction of sp³-hybridized carbons (Fsp3) is 0.0476. The van der Waals surface area contributed by atoms with Crippen molar-refractivity contribution < 1.29 is 9.59 Å². The summed E-state index contributed by atoms with van der Waals surface area (Å²) in [6.45, 7) is 2.08. The first-order valence-corrected chi connectivity index (χ1v) is 10.6. The van der Waals surface area contributed by atoms with Gasteiger partial charge in [-0.2, -0.15) is 0 Å².